The molecule has 102 valence electrons. The summed E-state index contributed by atoms with van der Waals surface area (Å²) < 4.78 is 6.68. The van der Waals surface area contributed by atoms with Crippen LogP contribution in [0.1, 0.15) is 0 Å². The SMILES string of the molecule is COCC(O)CNC(=O)Cn1ccc2ccccc21. The molecule has 0 radical (unpaired) electrons. The second-order valence-electron chi connectivity index (χ2n) is 4.42. The van der Waals surface area contributed by atoms with Crippen molar-refractivity contribution >= 4 is 16.8 Å². The van der Waals surface area contributed by atoms with E-state index in [1.165, 1.54) is 7.11 Å². The van der Waals surface area contributed by atoms with Crippen LogP contribution < -0.4 is 5.32 Å². The molecule has 1 aromatic heterocycles. The molecular weight excluding hydrogens is 244 g/mol. The van der Waals surface area contributed by atoms with E-state index in [9.17, 15) is 9.90 Å². The number of aromatic nitrogens is 1. The number of nitrogens with one attached hydrogen (secondary N) is 1. The number of aliphatic hydroxyl groups excluding tert-OH is 1. The Hall–Kier alpha value is -1.85. The van der Waals surface area contributed by atoms with E-state index in [1.54, 1.807) is 0 Å². The highest BCUT2D eigenvalue weighted by Crippen LogP contribution is 2.14. The molecule has 1 atom stereocenters. The van der Waals surface area contributed by atoms with Crippen LogP contribution in [0.5, 0.6) is 0 Å². The van der Waals surface area contributed by atoms with Gasteiger partial charge in [0.2, 0.25) is 5.91 Å². The molecule has 1 heterocycles. The van der Waals surface area contributed by atoms with Crippen molar-refractivity contribution in [2.24, 2.45) is 0 Å². The highest BCUT2D eigenvalue weighted by Gasteiger charge is 2.08. The van der Waals surface area contributed by atoms with Gasteiger partial charge in [-0.1, -0.05) is 18.2 Å². The monoisotopic (exact) mass is 262 g/mol. The summed E-state index contributed by atoms with van der Waals surface area (Å²) in [6, 6.07) is 9.86. The van der Waals surface area contributed by atoms with E-state index in [2.05, 4.69) is 5.32 Å². The summed E-state index contributed by atoms with van der Waals surface area (Å²) in [7, 11) is 1.51. The number of hydrogen-bond donors (Lipinski definition) is 2. The van der Waals surface area contributed by atoms with Gasteiger partial charge in [0, 0.05) is 25.4 Å². The minimum Gasteiger partial charge on any atom is -0.389 e. The Morgan fingerprint density at radius 2 is 2.21 bits per heavy atom. The molecule has 0 aliphatic carbocycles. The molecule has 2 N–H and O–H groups in total. The van der Waals surface area contributed by atoms with Crippen molar-refractivity contribution in [3.63, 3.8) is 0 Å². The molecule has 2 rings (SSSR count). The maximum atomic E-state index is 11.8. The summed E-state index contributed by atoms with van der Waals surface area (Å²) in [5.74, 6) is -0.128. The molecule has 0 aliphatic rings. The molecule has 0 saturated carbocycles. The molecule has 1 amide bonds. The van der Waals surface area contributed by atoms with E-state index >= 15 is 0 Å². The number of ether oxygens (including phenoxy) is 1. The summed E-state index contributed by atoms with van der Waals surface area (Å²) in [5, 5.41) is 13.2. The van der Waals surface area contributed by atoms with Crippen molar-refractivity contribution < 1.29 is 14.6 Å². The zero-order valence-corrected chi connectivity index (χ0v) is 10.9. The number of methoxy groups -OCH3 is 1. The molecule has 2 aromatic rings. The highest BCUT2D eigenvalue weighted by molar-refractivity contribution is 5.83. The van der Waals surface area contributed by atoms with Crippen molar-refractivity contribution in [3.05, 3.63) is 36.5 Å². The van der Waals surface area contributed by atoms with Gasteiger partial charge in [0.15, 0.2) is 0 Å². The first-order valence-corrected chi connectivity index (χ1v) is 6.18. The lowest BCUT2D eigenvalue weighted by Crippen LogP contribution is -2.36. The second kappa shape index (κ2) is 6.36. The number of aliphatic hydroxyl groups is 1. The number of fused-ring (bicyclic) bond motifs is 1. The van der Waals surface area contributed by atoms with E-state index in [0.29, 0.717) is 0 Å². The lowest BCUT2D eigenvalue weighted by Gasteiger charge is -2.11. The first-order valence-electron chi connectivity index (χ1n) is 6.18. The minimum atomic E-state index is -0.671. The highest BCUT2D eigenvalue weighted by atomic mass is 16.5. The van der Waals surface area contributed by atoms with Gasteiger partial charge in [-0.05, 0) is 17.5 Å². The number of para-hydroxylation sites is 1. The predicted octanol–water partition coefficient (Wildman–Crippen LogP) is 0.765. The molecule has 0 aliphatic heterocycles. The summed E-state index contributed by atoms with van der Waals surface area (Å²) in [6.07, 6.45) is 1.21. The zero-order valence-electron chi connectivity index (χ0n) is 10.9. The van der Waals surface area contributed by atoms with E-state index in [0.717, 1.165) is 10.9 Å². The molecular formula is C14H18N2O3. The molecule has 0 bridgehead atoms. The van der Waals surface area contributed by atoms with Gasteiger partial charge in [0.1, 0.15) is 6.54 Å². The topological polar surface area (TPSA) is 63.5 Å². The van der Waals surface area contributed by atoms with Crippen LogP contribution in [0.4, 0.5) is 0 Å². The average molecular weight is 262 g/mol. The largest absolute Gasteiger partial charge is 0.389 e. The summed E-state index contributed by atoms with van der Waals surface area (Å²) in [4.78, 5) is 11.8. The van der Waals surface area contributed by atoms with Crippen molar-refractivity contribution in [1.29, 1.82) is 0 Å². The van der Waals surface area contributed by atoms with Crippen LogP contribution in [0, 0.1) is 0 Å². The Morgan fingerprint density at radius 1 is 1.42 bits per heavy atom. The molecule has 5 nitrogen and oxygen atoms in total. The van der Waals surface area contributed by atoms with Gasteiger partial charge < -0.3 is 19.7 Å². The summed E-state index contributed by atoms with van der Waals surface area (Å²) in [5.41, 5.74) is 1.02. The third kappa shape index (κ3) is 3.56. The number of carbonyl (C=O) groups excluding carboxylic acids is 1. The Labute approximate surface area is 111 Å². The number of carbonyl (C=O) groups is 1. The normalized spacial score (nSPS) is 12.5. The van der Waals surface area contributed by atoms with Crippen LogP contribution >= 0.6 is 0 Å². The van der Waals surface area contributed by atoms with E-state index in [1.807, 2.05) is 41.1 Å². The van der Waals surface area contributed by atoms with Gasteiger partial charge in [0.05, 0.1) is 12.7 Å². The lowest BCUT2D eigenvalue weighted by molar-refractivity contribution is -0.122. The molecule has 1 aromatic carbocycles. The Morgan fingerprint density at radius 3 is 3.00 bits per heavy atom. The number of rotatable bonds is 6. The van der Waals surface area contributed by atoms with Crippen LogP contribution in [-0.2, 0) is 16.1 Å². The minimum absolute atomic E-state index is 0.128. The van der Waals surface area contributed by atoms with Gasteiger partial charge in [0.25, 0.3) is 0 Å². The standard InChI is InChI=1S/C14H18N2O3/c1-19-10-12(17)8-15-14(18)9-16-7-6-11-4-2-3-5-13(11)16/h2-7,12,17H,8-10H2,1H3,(H,15,18). The number of nitrogens with zero attached hydrogens (tertiary/aromatic N) is 1. The van der Waals surface area contributed by atoms with E-state index < -0.39 is 6.10 Å². The van der Waals surface area contributed by atoms with Gasteiger partial charge in [-0.15, -0.1) is 0 Å². The molecule has 0 spiro atoms. The summed E-state index contributed by atoms with van der Waals surface area (Å²) in [6.45, 7) is 0.659. The van der Waals surface area contributed by atoms with E-state index in [4.69, 9.17) is 4.74 Å². The summed E-state index contributed by atoms with van der Waals surface area (Å²) >= 11 is 0. The quantitative estimate of drug-likeness (QED) is 0.808. The zero-order chi connectivity index (χ0) is 13.7. The number of benzene rings is 1. The van der Waals surface area contributed by atoms with Gasteiger partial charge in [-0.2, -0.15) is 0 Å². The smallest absolute Gasteiger partial charge is 0.240 e. The van der Waals surface area contributed by atoms with Gasteiger partial charge in [-0.25, -0.2) is 0 Å². The average Bonchev–Trinajstić information content (AvgIpc) is 2.80. The van der Waals surface area contributed by atoms with Crippen molar-refractivity contribution in [2.45, 2.75) is 12.6 Å². The molecule has 19 heavy (non-hydrogen) atoms. The van der Waals surface area contributed by atoms with Crippen LogP contribution in [-0.4, -0.2) is 41.9 Å². The van der Waals surface area contributed by atoms with Crippen molar-refractivity contribution in [3.8, 4) is 0 Å². The van der Waals surface area contributed by atoms with Crippen LogP contribution in [0.3, 0.4) is 0 Å². The maximum absolute atomic E-state index is 11.8. The Kier molecular flexibility index (Phi) is 4.54. The molecule has 1 unspecified atom stereocenters. The maximum Gasteiger partial charge on any atom is 0.240 e. The predicted molar refractivity (Wildman–Crippen MR) is 72.8 cm³/mol. The number of hydrogen-bond acceptors (Lipinski definition) is 3. The van der Waals surface area contributed by atoms with Crippen molar-refractivity contribution in [1.82, 2.24) is 9.88 Å². The van der Waals surface area contributed by atoms with Crippen LogP contribution in [0.15, 0.2) is 36.5 Å². The Bertz CT molecular complexity index is 550. The second-order valence-corrected chi connectivity index (χ2v) is 4.42. The lowest BCUT2D eigenvalue weighted by atomic mass is 10.2. The van der Waals surface area contributed by atoms with E-state index in [-0.39, 0.29) is 25.6 Å². The van der Waals surface area contributed by atoms with Gasteiger partial charge in [-0.3, -0.25) is 4.79 Å². The fourth-order valence-electron chi connectivity index (χ4n) is 1.97. The molecule has 0 fully saturated rings. The Balaban J connectivity index is 1.92. The third-order valence-electron chi connectivity index (χ3n) is 2.89. The number of amides is 1. The van der Waals surface area contributed by atoms with Crippen molar-refractivity contribution in [2.75, 3.05) is 20.3 Å². The third-order valence-corrected chi connectivity index (χ3v) is 2.89. The first kappa shape index (κ1) is 13.6. The molecule has 5 heteroatoms. The first-order chi connectivity index (χ1) is 9.20. The molecule has 0 saturated heterocycles. The van der Waals surface area contributed by atoms with Gasteiger partial charge >= 0.3 is 0 Å². The van der Waals surface area contributed by atoms with Crippen LogP contribution in [0.25, 0.3) is 10.9 Å². The fourth-order valence-corrected chi connectivity index (χ4v) is 1.97. The fraction of sp³-hybridized carbons (Fsp3) is 0.357. The van der Waals surface area contributed by atoms with Crippen LogP contribution in [0.2, 0.25) is 0 Å².